The Labute approximate surface area is 123 Å². The first kappa shape index (κ1) is 13.6. The molecule has 5 heteroatoms. The van der Waals surface area contributed by atoms with Crippen LogP contribution in [-0.4, -0.2) is 46.5 Å². The summed E-state index contributed by atoms with van der Waals surface area (Å²) in [6.45, 7) is 4.86. The second kappa shape index (κ2) is 5.94. The van der Waals surface area contributed by atoms with E-state index in [4.69, 9.17) is 4.74 Å². The highest BCUT2D eigenvalue weighted by Gasteiger charge is 2.41. The first-order chi connectivity index (χ1) is 9.28. The van der Waals surface area contributed by atoms with Gasteiger partial charge in [-0.2, -0.15) is 5.10 Å². The van der Waals surface area contributed by atoms with Crippen molar-refractivity contribution in [3.63, 3.8) is 0 Å². The molecule has 0 N–H and O–H groups in total. The van der Waals surface area contributed by atoms with Crippen LogP contribution in [0, 0.1) is 0 Å². The van der Waals surface area contributed by atoms with E-state index in [1.54, 1.807) is 0 Å². The van der Waals surface area contributed by atoms with Gasteiger partial charge in [-0.1, -0.05) is 0 Å². The molecule has 2 bridgehead atoms. The molecule has 2 aliphatic rings. The second-order valence-electron chi connectivity index (χ2n) is 5.58. The predicted molar refractivity (Wildman–Crippen MR) is 78.2 cm³/mol. The van der Waals surface area contributed by atoms with Crippen LogP contribution in [0.5, 0.6) is 0 Å². The van der Waals surface area contributed by atoms with Gasteiger partial charge in [-0.15, -0.1) is 0 Å². The molecule has 0 aliphatic carbocycles. The van der Waals surface area contributed by atoms with Crippen LogP contribution in [-0.2, 0) is 4.74 Å². The Bertz CT molecular complexity index is 409. The zero-order valence-electron chi connectivity index (χ0n) is 11.5. The minimum Gasteiger partial charge on any atom is -0.380 e. The van der Waals surface area contributed by atoms with Crippen LogP contribution in [0.25, 0.3) is 0 Å². The molecule has 2 unspecified atom stereocenters. The number of halogens is 1. The quantitative estimate of drug-likeness (QED) is 0.779. The maximum absolute atomic E-state index is 5.51. The van der Waals surface area contributed by atoms with Crippen molar-refractivity contribution in [1.82, 2.24) is 14.7 Å². The summed E-state index contributed by atoms with van der Waals surface area (Å²) < 4.78 is 8.74. The fourth-order valence-corrected chi connectivity index (χ4v) is 3.96. The third-order valence-corrected chi connectivity index (χ3v) is 4.91. The number of hydrogen-bond donors (Lipinski definition) is 0. The Balaban J connectivity index is 1.61. The third kappa shape index (κ3) is 2.88. The van der Waals surface area contributed by atoms with Gasteiger partial charge in [0.15, 0.2) is 0 Å². The molecule has 2 atom stereocenters. The molecule has 19 heavy (non-hydrogen) atoms. The van der Waals surface area contributed by atoms with Gasteiger partial charge in [0, 0.05) is 31.4 Å². The molecular weight excluding hydrogens is 306 g/mol. The van der Waals surface area contributed by atoms with E-state index in [0.717, 1.165) is 36.3 Å². The molecule has 2 saturated heterocycles. The van der Waals surface area contributed by atoms with Crippen molar-refractivity contribution in [3.05, 3.63) is 16.9 Å². The van der Waals surface area contributed by atoms with E-state index in [1.165, 1.54) is 25.7 Å². The highest BCUT2D eigenvalue weighted by Crippen LogP contribution is 2.40. The lowest BCUT2D eigenvalue weighted by Crippen LogP contribution is -2.45. The largest absolute Gasteiger partial charge is 0.380 e. The Hall–Kier alpha value is -0.390. The van der Waals surface area contributed by atoms with Gasteiger partial charge in [-0.25, -0.2) is 0 Å². The lowest BCUT2D eigenvalue weighted by atomic mass is 9.97. The molecule has 1 aromatic heterocycles. The molecule has 3 rings (SSSR count). The number of rotatable bonds is 5. The van der Waals surface area contributed by atoms with E-state index in [9.17, 15) is 0 Å². The molecule has 0 saturated carbocycles. The number of piperidine rings is 1. The molecule has 3 heterocycles. The lowest BCUT2D eigenvalue weighted by Gasteiger charge is -2.38. The van der Waals surface area contributed by atoms with Crippen molar-refractivity contribution in [1.29, 1.82) is 0 Å². The summed E-state index contributed by atoms with van der Waals surface area (Å²) in [5.41, 5.74) is 0. The van der Waals surface area contributed by atoms with Gasteiger partial charge >= 0.3 is 0 Å². The van der Waals surface area contributed by atoms with Gasteiger partial charge in [0.1, 0.15) is 0 Å². The maximum Gasteiger partial charge on any atom is 0.0632 e. The molecule has 0 radical (unpaired) electrons. The third-order valence-electron chi connectivity index (χ3n) is 4.50. The minimum absolute atomic E-state index is 0.576. The number of nitrogens with zero attached hydrogens (tertiary/aromatic N) is 3. The SMILES string of the molecule is CCOCCN1C2CCC1CC(n1cc(Br)cn1)C2. The van der Waals surface area contributed by atoms with E-state index in [1.807, 2.05) is 6.20 Å². The molecule has 1 aromatic rings. The van der Waals surface area contributed by atoms with Gasteiger partial charge in [-0.3, -0.25) is 9.58 Å². The number of ether oxygens (including phenoxy) is 1. The summed E-state index contributed by atoms with van der Waals surface area (Å²) in [6, 6.07) is 2.03. The van der Waals surface area contributed by atoms with Crippen LogP contribution in [0.4, 0.5) is 0 Å². The van der Waals surface area contributed by atoms with Crippen molar-refractivity contribution < 1.29 is 4.74 Å². The van der Waals surface area contributed by atoms with E-state index in [2.05, 4.69) is 43.7 Å². The molecular formula is C14H22BrN3O. The van der Waals surface area contributed by atoms with Crippen LogP contribution >= 0.6 is 15.9 Å². The normalized spacial score (nSPS) is 30.9. The van der Waals surface area contributed by atoms with Crippen LogP contribution < -0.4 is 0 Å². The number of aromatic nitrogens is 2. The van der Waals surface area contributed by atoms with Gasteiger partial charge in [0.2, 0.25) is 0 Å². The van der Waals surface area contributed by atoms with Crippen molar-refractivity contribution in [2.75, 3.05) is 19.8 Å². The minimum atomic E-state index is 0.576. The van der Waals surface area contributed by atoms with Crippen LogP contribution in [0.2, 0.25) is 0 Å². The zero-order valence-corrected chi connectivity index (χ0v) is 13.1. The second-order valence-corrected chi connectivity index (χ2v) is 6.50. The fraction of sp³-hybridized carbons (Fsp3) is 0.786. The predicted octanol–water partition coefficient (Wildman–Crippen LogP) is 2.85. The Kier molecular flexibility index (Phi) is 4.24. The monoisotopic (exact) mass is 327 g/mol. The highest BCUT2D eigenvalue weighted by atomic mass is 79.9. The molecule has 2 fully saturated rings. The number of fused-ring (bicyclic) bond motifs is 2. The van der Waals surface area contributed by atoms with Crippen molar-refractivity contribution in [2.24, 2.45) is 0 Å². The molecule has 0 amide bonds. The van der Waals surface area contributed by atoms with Gasteiger partial charge in [0.05, 0.1) is 23.3 Å². The Morgan fingerprint density at radius 2 is 2.05 bits per heavy atom. The van der Waals surface area contributed by atoms with E-state index >= 15 is 0 Å². The summed E-state index contributed by atoms with van der Waals surface area (Å²) in [5, 5.41) is 4.46. The summed E-state index contributed by atoms with van der Waals surface area (Å²) in [7, 11) is 0. The molecule has 0 spiro atoms. The summed E-state index contributed by atoms with van der Waals surface area (Å²) >= 11 is 3.49. The number of hydrogen-bond acceptors (Lipinski definition) is 3. The topological polar surface area (TPSA) is 30.3 Å². The summed E-state index contributed by atoms with van der Waals surface area (Å²) in [4.78, 5) is 2.67. The maximum atomic E-state index is 5.51. The van der Waals surface area contributed by atoms with Crippen molar-refractivity contribution in [3.8, 4) is 0 Å². The summed E-state index contributed by atoms with van der Waals surface area (Å²) in [6.07, 6.45) is 9.16. The smallest absolute Gasteiger partial charge is 0.0632 e. The standard InChI is InChI=1S/C14H22BrN3O/c1-2-19-6-5-17-12-3-4-13(17)8-14(7-12)18-10-11(15)9-16-18/h9-10,12-14H,2-8H2,1H3. The van der Waals surface area contributed by atoms with Gasteiger partial charge < -0.3 is 4.74 Å². The highest BCUT2D eigenvalue weighted by molar-refractivity contribution is 9.10. The zero-order chi connectivity index (χ0) is 13.2. The average Bonchev–Trinajstić information content (AvgIpc) is 2.92. The van der Waals surface area contributed by atoms with Crippen LogP contribution in [0.1, 0.15) is 38.6 Å². The molecule has 2 aliphatic heterocycles. The fourth-order valence-electron chi connectivity index (χ4n) is 3.66. The van der Waals surface area contributed by atoms with Crippen LogP contribution in [0.3, 0.4) is 0 Å². The van der Waals surface area contributed by atoms with Crippen molar-refractivity contribution >= 4 is 15.9 Å². The van der Waals surface area contributed by atoms with E-state index < -0.39 is 0 Å². The molecule has 0 aromatic carbocycles. The first-order valence-corrected chi connectivity index (χ1v) is 8.10. The van der Waals surface area contributed by atoms with E-state index in [0.29, 0.717) is 6.04 Å². The van der Waals surface area contributed by atoms with Gasteiger partial charge in [-0.05, 0) is 48.5 Å². The average molecular weight is 328 g/mol. The first-order valence-electron chi connectivity index (χ1n) is 7.31. The lowest BCUT2D eigenvalue weighted by molar-refractivity contribution is 0.0564. The van der Waals surface area contributed by atoms with Gasteiger partial charge in [0.25, 0.3) is 0 Å². The summed E-state index contributed by atoms with van der Waals surface area (Å²) in [5.74, 6) is 0. The Morgan fingerprint density at radius 1 is 1.32 bits per heavy atom. The van der Waals surface area contributed by atoms with Crippen molar-refractivity contribution in [2.45, 2.75) is 50.7 Å². The molecule has 4 nitrogen and oxygen atoms in total. The van der Waals surface area contributed by atoms with Crippen LogP contribution in [0.15, 0.2) is 16.9 Å². The Morgan fingerprint density at radius 3 is 2.63 bits per heavy atom. The van der Waals surface area contributed by atoms with E-state index in [-0.39, 0.29) is 0 Å². The molecule has 106 valence electrons.